The van der Waals surface area contributed by atoms with Crippen molar-refractivity contribution < 1.29 is 62.0 Å². The number of allylic oxidation sites excluding steroid dienone is 2. The molecular weight excluding hydrogens is 651 g/mol. The number of rotatable bonds is 7. The summed E-state index contributed by atoms with van der Waals surface area (Å²) in [6.07, 6.45) is 6.30. The van der Waals surface area contributed by atoms with Crippen molar-refractivity contribution in [3.05, 3.63) is 92.1 Å². The van der Waals surface area contributed by atoms with Crippen molar-refractivity contribution in [2.75, 3.05) is 41.9 Å². The topological polar surface area (TPSA) is 79.2 Å². The van der Waals surface area contributed by atoms with E-state index in [1.807, 2.05) is 52.0 Å². The predicted molar refractivity (Wildman–Crippen MR) is 192 cm³/mol. The fourth-order valence-corrected chi connectivity index (χ4v) is 4.89. The number of aromatic hydroxyl groups is 3. The molecule has 1 radical (unpaired) electrons. The smallest absolute Gasteiger partial charge is 0.200 e. The molecule has 0 spiro atoms. The Morgan fingerprint density at radius 1 is 0.565 bits per heavy atom. The van der Waals surface area contributed by atoms with Gasteiger partial charge in [-0.3, -0.25) is 0 Å². The number of phenolic OH excluding ortho intramolecular Hbond substituents is 3. The van der Waals surface area contributed by atoms with Crippen molar-refractivity contribution in [1.29, 1.82) is 0 Å². The average molecular weight is 708 g/mol. The van der Waals surface area contributed by atoms with E-state index in [0.29, 0.717) is 23.0 Å². The van der Waals surface area contributed by atoms with Crippen molar-refractivity contribution in [3.8, 4) is 28.7 Å². The van der Waals surface area contributed by atoms with E-state index in [9.17, 15) is 15.3 Å². The van der Waals surface area contributed by atoms with Gasteiger partial charge >= 0.3 is 0 Å². The Morgan fingerprint density at radius 2 is 0.870 bits per heavy atom. The Labute approximate surface area is 303 Å². The Kier molecular flexibility index (Phi) is 18.3. The van der Waals surface area contributed by atoms with E-state index >= 15 is 0 Å². The number of aryl methyl sites for hydroxylation is 4. The Morgan fingerprint density at radius 3 is 1.13 bits per heavy atom. The van der Waals surface area contributed by atoms with Gasteiger partial charge in [0.05, 0.1) is 41.9 Å². The van der Waals surface area contributed by atoms with Gasteiger partial charge in [0.2, 0.25) is 5.75 Å². The van der Waals surface area contributed by atoms with E-state index < -0.39 is 0 Å². The number of phenols is 3. The summed E-state index contributed by atoms with van der Waals surface area (Å²) >= 11 is 0. The minimum absolute atomic E-state index is 0. The SMILES string of the molecule is CC(C)=Cc1cc(C)c(O)c(C)c1.CC(C)=Cc1cc(C)c(O)c(C)c1.COc1cc(/C=C(/C)C[N+](C)(C)C)cc(OC)c1O.[Y]. The third kappa shape index (κ3) is 15.0. The molecule has 3 aromatic rings. The first-order chi connectivity index (χ1) is 20.8. The molecule has 0 heterocycles. The number of benzene rings is 3. The number of ether oxygens (including phenoxy) is 2. The standard InChI is InChI=1S/C15H23NO3.2C12H16O.Y/c1-11(10-16(2,3)4)7-12-8-13(18-5)15(17)14(9-12)19-6;2*1-8(2)5-11-6-9(3)12(13)10(4)7-11;/h7-9H,10H2,1-6H3;2*5-7,13H,1-4H3;/p+1/b11-7-;;;. The Hall–Kier alpha value is -3.06. The molecule has 0 atom stereocenters. The fourth-order valence-electron chi connectivity index (χ4n) is 4.89. The Balaban J connectivity index is 0.000000671. The molecule has 46 heavy (non-hydrogen) atoms. The largest absolute Gasteiger partial charge is 0.507 e. The van der Waals surface area contributed by atoms with Gasteiger partial charge in [-0.1, -0.05) is 29.4 Å². The normalized spacial score (nSPS) is 10.7. The van der Waals surface area contributed by atoms with Crippen LogP contribution in [-0.2, 0) is 32.7 Å². The number of hydrogen-bond acceptors (Lipinski definition) is 5. The van der Waals surface area contributed by atoms with Gasteiger partial charge in [-0.05, 0) is 143 Å². The maximum Gasteiger partial charge on any atom is 0.200 e. The Bertz CT molecular complexity index is 1390. The zero-order valence-electron chi connectivity index (χ0n) is 30.6. The molecule has 0 bridgehead atoms. The quantitative estimate of drug-likeness (QED) is 0.213. The van der Waals surface area contributed by atoms with E-state index in [0.717, 1.165) is 50.0 Å². The molecule has 0 unspecified atom stereocenters. The minimum Gasteiger partial charge on any atom is -0.507 e. The van der Waals surface area contributed by atoms with Gasteiger partial charge in [0.1, 0.15) is 11.5 Å². The summed E-state index contributed by atoms with van der Waals surface area (Å²) in [7, 11) is 9.50. The average Bonchev–Trinajstić information content (AvgIpc) is 2.90. The molecule has 0 saturated carbocycles. The summed E-state index contributed by atoms with van der Waals surface area (Å²) in [6, 6.07) is 11.6. The molecule has 3 rings (SSSR count). The van der Waals surface area contributed by atoms with E-state index in [4.69, 9.17) is 9.47 Å². The molecule has 249 valence electrons. The molecule has 0 amide bonds. The molecule has 6 nitrogen and oxygen atoms in total. The summed E-state index contributed by atoms with van der Waals surface area (Å²) in [5.74, 6) is 1.69. The number of methoxy groups -OCH3 is 2. The van der Waals surface area contributed by atoms with Gasteiger partial charge in [0, 0.05) is 32.7 Å². The van der Waals surface area contributed by atoms with Crippen LogP contribution in [0.2, 0.25) is 0 Å². The summed E-state index contributed by atoms with van der Waals surface area (Å²) in [4.78, 5) is 0. The number of quaternary nitrogens is 1. The van der Waals surface area contributed by atoms with Crippen molar-refractivity contribution in [3.63, 3.8) is 0 Å². The zero-order chi connectivity index (χ0) is 34.6. The number of likely N-dealkylation sites (N-methyl/N-ethyl adjacent to an activating group) is 1. The van der Waals surface area contributed by atoms with Crippen LogP contribution in [0.25, 0.3) is 18.2 Å². The van der Waals surface area contributed by atoms with E-state index in [1.165, 1.54) is 30.9 Å². The molecule has 3 aromatic carbocycles. The molecule has 7 heteroatoms. The van der Waals surface area contributed by atoms with Crippen molar-refractivity contribution >= 4 is 18.2 Å². The molecule has 0 aliphatic rings. The van der Waals surface area contributed by atoms with Crippen LogP contribution in [0.5, 0.6) is 28.7 Å². The van der Waals surface area contributed by atoms with Crippen LogP contribution in [0.4, 0.5) is 0 Å². The van der Waals surface area contributed by atoms with Crippen LogP contribution in [0.3, 0.4) is 0 Å². The van der Waals surface area contributed by atoms with Crippen LogP contribution in [0.1, 0.15) is 73.6 Å². The first-order valence-corrected chi connectivity index (χ1v) is 15.1. The monoisotopic (exact) mass is 707 g/mol. The number of hydrogen-bond donors (Lipinski definition) is 3. The summed E-state index contributed by atoms with van der Waals surface area (Å²) < 4.78 is 11.2. The van der Waals surface area contributed by atoms with E-state index in [1.54, 1.807) is 12.1 Å². The summed E-state index contributed by atoms with van der Waals surface area (Å²) in [5, 5.41) is 28.9. The molecular formula is C39H56NO5Y+. The van der Waals surface area contributed by atoms with Crippen LogP contribution in [0, 0.1) is 27.7 Å². The fraction of sp³-hybridized carbons (Fsp3) is 0.385. The summed E-state index contributed by atoms with van der Waals surface area (Å²) in [6.45, 7) is 19.0. The van der Waals surface area contributed by atoms with Crippen molar-refractivity contribution in [2.45, 2.75) is 62.3 Å². The maximum absolute atomic E-state index is 9.86. The summed E-state index contributed by atoms with van der Waals surface area (Å²) in [5.41, 5.74) is 10.8. The number of nitrogens with zero attached hydrogens (tertiary/aromatic N) is 1. The second-order valence-electron chi connectivity index (χ2n) is 13.2. The molecule has 0 fully saturated rings. The van der Waals surface area contributed by atoms with Gasteiger partial charge in [-0.2, -0.15) is 0 Å². The van der Waals surface area contributed by atoms with Crippen LogP contribution >= 0.6 is 0 Å². The third-order valence-electron chi connectivity index (χ3n) is 6.58. The third-order valence-corrected chi connectivity index (χ3v) is 6.58. The predicted octanol–water partition coefficient (Wildman–Crippen LogP) is 9.38. The van der Waals surface area contributed by atoms with Crippen LogP contribution in [-0.4, -0.2) is 61.7 Å². The van der Waals surface area contributed by atoms with Crippen LogP contribution in [0.15, 0.2) is 53.1 Å². The van der Waals surface area contributed by atoms with Gasteiger partial charge in [-0.15, -0.1) is 0 Å². The second-order valence-corrected chi connectivity index (χ2v) is 13.2. The molecule has 0 aliphatic heterocycles. The maximum atomic E-state index is 9.86. The first kappa shape index (κ1) is 42.9. The van der Waals surface area contributed by atoms with Gasteiger partial charge < -0.3 is 29.3 Å². The van der Waals surface area contributed by atoms with Crippen molar-refractivity contribution in [2.24, 2.45) is 0 Å². The van der Waals surface area contributed by atoms with E-state index in [-0.39, 0.29) is 38.5 Å². The second kappa shape index (κ2) is 19.6. The van der Waals surface area contributed by atoms with Crippen molar-refractivity contribution in [1.82, 2.24) is 0 Å². The molecule has 3 N–H and O–H groups in total. The van der Waals surface area contributed by atoms with E-state index in [2.05, 4.69) is 74.0 Å². The molecule has 0 aliphatic carbocycles. The molecule has 0 aromatic heterocycles. The van der Waals surface area contributed by atoms with Gasteiger partial charge in [0.15, 0.2) is 11.5 Å². The van der Waals surface area contributed by atoms with Gasteiger partial charge in [-0.25, -0.2) is 0 Å². The zero-order valence-corrected chi connectivity index (χ0v) is 33.4. The van der Waals surface area contributed by atoms with Gasteiger partial charge in [0.25, 0.3) is 0 Å². The minimum atomic E-state index is 0. The van der Waals surface area contributed by atoms with Crippen LogP contribution < -0.4 is 9.47 Å². The molecule has 0 saturated heterocycles. The first-order valence-electron chi connectivity index (χ1n) is 15.1.